The zero-order valence-electron chi connectivity index (χ0n) is 14.9. The molecular formula is C19H27NO4S. The summed E-state index contributed by atoms with van der Waals surface area (Å²) in [6.07, 6.45) is 4.08. The van der Waals surface area contributed by atoms with Gasteiger partial charge in [-0.3, -0.25) is 0 Å². The monoisotopic (exact) mass is 365 g/mol. The molecular weight excluding hydrogens is 338 g/mol. The lowest BCUT2D eigenvalue weighted by molar-refractivity contribution is -0.00405. The molecule has 138 valence electrons. The second-order valence-corrected chi connectivity index (χ2v) is 9.59. The molecule has 25 heavy (non-hydrogen) atoms. The number of ether oxygens (including phenoxy) is 1. The van der Waals surface area contributed by atoms with Crippen LogP contribution in [-0.4, -0.2) is 36.4 Å². The van der Waals surface area contributed by atoms with Crippen LogP contribution in [0.5, 0.6) is 0 Å². The summed E-state index contributed by atoms with van der Waals surface area (Å²) in [5, 5.41) is 9.41. The number of fused-ring (bicyclic) bond motifs is 1. The van der Waals surface area contributed by atoms with Crippen LogP contribution in [-0.2, 0) is 14.8 Å². The van der Waals surface area contributed by atoms with Crippen molar-refractivity contribution in [1.82, 2.24) is 0 Å². The van der Waals surface area contributed by atoms with E-state index in [9.17, 15) is 13.5 Å². The van der Waals surface area contributed by atoms with E-state index in [1.54, 1.807) is 6.92 Å². The summed E-state index contributed by atoms with van der Waals surface area (Å²) in [5.41, 5.74) is 0.323. The summed E-state index contributed by atoms with van der Waals surface area (Å²) in [6, 6.07) is 9.81. The van der Waals surface area contributed by atoms with Crippen LogP contribution in [0.4, 0.5) is 0 Å². The first-order valence-corrected chi connectivity index (χ1v) is 10.4. The van der Waals surface area contributed by atoms with Gasteiger partial charge in [0.2, 0.25) is 5.90 Å². The van der Waals surface area contributed by atoms with Crippen molar-refractivity contribution in [3.63, 3.8) is 0 Å². The fraction of sp³-hybridized carbons (Fsp3) is 0.632. The van der Waals surface area contributed by atoms with Crippen LogP contribution < -0.4 is 0 Å². The molecule has 0 radical (unpaired) electrons. The number of hydrogen-bond acceptors (Lipinski definition) is 4. The van der Waals surface area contributed by atoms with Crippen LogP contribution in [0.3, 0.4) is 0 Å². The van der Waals surface area contributed by atoms with Gasteiger partial charge in [-0.05, 0) is 51.0 Å². The number of aliphatic hydroxyl groups excluding tert-OH is 1. The number of nitrogens with zero attached hydrogens (tertiary/aromatic N) is 1. The molecule has 1 aliphatic heterocycles. The first-order chi connectivity index (χ1) is 11.8. The minimum atomic E-state index is -3.63. The lowest BCUT2D eigenvalue weighted by Gasteiger charge is -2.50. The van der Waals surface area contributed by atoms with E-state index < -0.39 is 20.4 Å². The van der Waals surface area contributed by atoms with Gasteiger partial charge in [0.05, 0.1) is 0 Å². The topological polar surface area (TPSA) is 76.0 Å². The van der Waals surface area contributed by atoms with Crippen molar-refractivity contribution in [1.29, 1.82) is 0 Å². The van der Waals surface area contributed by atoms with E-state index >= 15 is 0 Å². The zero-order chi connectivity index (χ0) is 18.1. The summed E-state index contributed by atoms with van der Waals surface area (Å²) >= 11 is 0. The largest absolute Gasteiger partial charge is 0.472 e. The van der Waals surface area contributed by atoms with E-state index in [1.807, 2.05) is 37.3 Å². The molecule has 3 rings (SSSR count). The van der Waals surface area contributed by atoms with Gasteiger partial charge < -0.3 is 9.84 Å². The van der Waals surface area contributed by atoms with Crippen LogP contribution in [0.1, 0.15) is 63.9 Å². The maximum absolute atomic E-state index is 12.9. The van der Waals surface area contributed by atoms with Crippen molar-refractivity contribution < 1.29 is 18.3 Å². The van der Waals surface area contributed by atoms with Gasteiger partial charge in [0.15, 0.2) is 0 Å². The van der Waals surface area contributed by atoms with E-state index in [4.69, 9.17) is 4.74 Å². The van der Waals surface area contributed by atoms with E-state index in [0.29, 0.717) is 19.3 Å². The number of benzene rings is 1. The average molecular weight is 365 g/mol. The van der Waals surface area contributed by atoms with E-state index in [-0.39, 0.29) is 18.4 Å². The molecule has 1 aromatic carbocycles. The lowest BCUT2D eigenvalue weighted by atomic mass is 9.76. The first kappa shape index (κ1) is 18.4. The first-order valence-electron chi connectivity index (χ1n) is 8.99. The molecule has 0 amide bonds. The third kappa shape index (κ3) is 3.22. The van der Waals surface area contributed by atoms with Crippen molar-refractivity contribution in [2.45, 2.75) is 68.6 Å². The molecule has 0 aromatic heterocycles. The third-order valence-corrected chi connectivity index (χ3v) is 8.20. The molecule has 5 nitrogen and oxygen atoms in total. The van der Waals surface area contributed by atoms with Gasteiger partial charge in [-0.1, -0.05) is 36.8 Å². The summed E-state index contributed by atoms with van der Waals surface area (Å²) in [6.45, 7) is 3.71. The summed E-state index contributed by atoms with van der Waals surface area (Å²) in [7, 11) is -3.63. The van der Waals surface area contributed by atoms with Crippen LogP contribution in [0, 0.1) is 0 Å². The molecule has 2 unspecified atom stereocenters. The van der Waals surface area contributed by atoms with Gasteiger partial charge in [-0.2, -0.15) is 0 Å². The maximum Gasteiger partial charge on any atom is 0.265 e. The van der Waals surface area contributed by atoms with Gasteiger partial charge in [0.25, 0.3) is 10.0 Å². The molecule has 0 spiro atoms. The second kappa shape index (κ2) is 6.72. The zero-order valence-corrected chi connectivity index (χ0v) is 15.8. The summed E-state index contributed by atoms with van der Waals surface area (Å²) in [4.78, 5) is 0. The highest BCUT2D eigenvalue weighted by Gasteiger charge is 2.60. The molecule has 0 saturated heterocycles. The Morgan fingerprint density at radius 3 is 2.56 bits per heavy atom. The van der Waals surface area contributed by atoms with Gasteiger partial charge in [-0.25, -0.2) is 8.42 Å². The molecule has 1 N–H and O–H groups in total. The molecule has 1 aliphatic carbocycles. The van der Waals surface area contributed by atoms with Crippen LogP contribution >= 0.6 is 0 Å². The smallest absolute Gasteiger partial charge is 0.265 e. The highest BCUT2D eigenvalue weighted by atomic mass is 32.2. The Morgan fingerprint density at radius 2 is 1.88 bits per heavy atom. The van der Waals surface area contributed by atoms with Crippen LogP contribution in [0.2, 0.25) is 0 Å². The lowest BCUT2D eigenvalue weighted by Crippen LogP contribution is -2.61. The van der Waals surface area contributed by atoms with E-state index in [2.05, 4.69) is 4.40 Å². The minimum absolute atomic E-state index is 0.0169. The van der Waals surface area contributed by atoms with E-state index in [0.717, 1.165) is 24.8 Å². The van der Waals surface area contributed by atoms with Crippen molar-refractivity contribution in [3.05, 3.63) is 35.9 Å². The number of sulfonamides is 1. The fourth-order valence-electron chi connectivity index (χ4n) is 4.09. The Labute approximate surface area is 150 Å². The molecule has 1 heterocycles. The Kier molecular flexibility index (Phi) is 4.95. The van der Waals surface area contributed by atoms with Crippen LogP contribution in [0.25, 0.3) is 0 Å². The second-order valence-electron chi connectivity index (χ2n) is 7.55. The molecule has 1 fully saturated rings. The van der Waals surface area contributed by atoms with Gasteiger partial charge in [-0.15, -0.1) is 4.40 Å². The molecule has 2 aliphatic rings. The Bertz CT molecular complexity index is 746. The van der Waals surface area contributed by atoms with Crippen molar-refractivity contribution >= 4 is 15.9 Å². The molecule has 0 bridgehead atoms. The standard InChI is InChI=1S/C19H27NO4S/c1-18-11-6-7-12-19(18,2)25(22,23)20-17(24-18)14-16(10-13-21)15-8-4-3-5-9-15/h3-5,8-9,16,21H,6-7,10-14H2,1-2H3/t16-,18?,19?/m1/s1. The fourth-order valence-corrected chi connectivity index (χ4v) is 5.76. The number of aliphatic hydroxyl groups is 1. The van der Waals surface area contributed by atoms with E-state index in [1.165, 1.54) is 0 Å². The predicted octanol–water partition coefficient (Wildman–Crippen LogP) is 3.39. The van der Waals surface area contributed by atoms with Crippen molar-refractivity contribution in [3.8, 4) is 0 Å². The van der Waals surface area contributed by atoms with Crippen molar-refractivity contribution in [2.24, 2.45) is 4.40 Å². The SMILES string of the molecule is CC12CCCCC1(C)S(=O)(=O)N=C(C[C@@H](CCO)c1ccccc1)O2. The van der Waals surface area contributed by atoms with Crippen molar-refractivity contribution in [2.75, 3.05) is 6.61 Å². The van der Waals surface area contributed by atoms with Gasteiger partial charge in [0, 0.05) is 13.0 Å². The molecule has 1 saturated carbocycles. The maximum atomic E-state index is 12.9. The molecule has 3 atom stereocenters. The highest BCUT2D eigenvalue weighted by molar-refractivity contribution is 7.91. The van der Waals surface area contributed by atoms with Gasteiger partial charge in [0.1, 0.15) is 10.3 Å². The third-order valence-electron chi connectivity index (χ3n) is 5.98. The molecule has 6 heteroatoms. The summed E-state index contributed by atoms with van der Waals surface area (Å²) in [5.74, 6) is 0.265. The summed E-state index contributed by atoms with van der Waals surface area (Å²) < 4.78 is 35.1. The highest BCUT2D eigenvalue weighted by Crippen LogP contribution is 2.48. The Hall–Kier alpha value is -1.40. The molecule has 1 aromatic rings. The average Bonchev–Trinajstić information content (AvgIpc) is 2.56. The van der Waals surface area contributed by atoms with Gasteiger partial charge >= 0.3 is 0 Å². The Balaban J connectivity index is 1.92. The normalized spacial score (nSPS) is 32.2. The number of rotatable bonds is 5. The number of hydrogen-bond donors (Lipinski definition) is 1. The Morgan fingerprint density at radius 1 is 1.20 bits per heavy atom. The van der Waals surface area contributed by atoms with Crippen LogP contribution in [0.15, 0.2) is 34.7 Å². The minimum Gasteiger partial charge on any atom is -0.472 e. The predicted molar refractivity (Wildman–Crippen MR) is 98.2 cm³/mol. The quantitative estimate of drug-likeness (QED) is 0.868.